The highest BCUT2D eigenvalue weighted by Gasteiger charge is 2.25. The molecule has 0 saturated carbocycles. The van der Waals surface area contributed by atoms with Crippen LogP contribution >= 0.6 is 0 Å². The van der Waals surface area contributed by atoms with E-state index in [2.05, 4.69) is 35.8 Å². The summed E-state index contributed by atoms with van der Waals surface area (Å²) >= 11 is 0. The van der Waals surface area contributed by atoms with Crippen molar-refractivity contribution in [3.63, 3.8) is 0 Å². The minimum Gasteiger partial charge on any atom is -0.378 e. The summed E-state index contributed by atoms with van der Waals surface area (Å²) in [5.41, 5.74) is 10.3. The Morgan fingerprint density at radius 2 is 1.87 bits per heavy atom. The first-order valence-electron chi connectivity index (χ1n) is 8.74. The van der Waals surface area contributed by atoms with Crippen LogP contribution < -0.4 is 11.2 Å². The number of hydrazone groups is 1. The molecule has 30 heavy (non-hydrogen) atoms. The fraction of sp³-hybridized carbons (Fsp3) is 0.0526. The summed E-state index contributed by atoms with van der Waals surface area (Å²) in [4.78, 5) is 12.8. The summed E-state index contributed by atoms with van der Waals surface area (Å²) in [7, 11) is 0. The smallest absolute Gasteiger partial charge is 0.294 e. The van der Waals surface area contributed by atoms with Crippen LogP contribution in [0.15, 0.2) is 64.3 Å². The molecule has 2 aromatic carbocycles. The zero-order valence-corrected chi connectivity index (χ0v) is 15.7. The van der Waals surface area contributed by atoms with Crippen molar-refractivity contribution in [3.8, 4) is 17.1 Å². The maximum Gasteiger partial charge on any atom is 0.294 e. The Labute approximate surface area is 169 Å². The molecular weight excluding hydrogens is 391 g/mol. The predicted octanol–water partition coefficient (Wildman–Crippen LogP) is 2.19. The Morgan fingerprint density at radius 1 is 1.13 bits per heavy atom. The molecular formula is C19H15FN8O2. The van der Waals surface area contributed by atoms with Gasteiger partial charge in [0, 0.05) is 5.56 Å². The number of hydrogen-bond donors (Lipinski definition) is 2. The summed E-state index contributed by atoms with van der Waals surface area (Å²) in [6, 6.07) is 14.7. The number of carbonyl (C=O) groups is 1. The summed E-state index contributed by atoms with van der Waals surface area (Å²) in [5.74, 6) is -0.862. The summed E-state index contributed by atoms with van der Waals surface area (Å²) in [5, 5.41) is 19.3. The third-order valence-corrected chi connectivity index (χ3v) is 4.22. The van der Waals surface area contributed by atoms with E-state index < -0.39 is 5.91 Å². The second-order valence-corrected chi connectivity index (χ2v) is 6.18. The molecule has 2 heterocycles. The zero-order valence-electron chi connectivity index (χ0n) is 15.7. The Kier molecular flexibility index (Phi) is 4.99. The Hall–Kier alpha value is -4.41. The molecule has 0 fully saturated rings. The number of rotatable bonds is 5. The highest BCUT2D eigenvalue weighted by molar-refractivity contribution is 6.02. The normalized spacial score (nSPS) is 11.5. The highest BCUT2D eigenvalue weighted by atomic mass is 19.1. The average Bonchev–Trinajstić information content (AvgIpc) is 3.38. The third kappa shape index (κ3) is 3.63. The van der Waals surface area contributed by atoms with Gasteiger partial charge in [-0.2, -0.15) is 9.78 Å². The molecule has 4 aromatic rings. The number of amides is 1. The number of nitrogens with two attached hydrogens (primary N) is 1. The van der Waals surface area contributed by atoms with Gasteiger partial charge in [-0.05, 0) is 34.9 Å². The molecule has 0 spiro atoms. The number of benzene rings is 2. The molecule has 0 aliphatic rings. The van der Waals surface area contributed by atoms with Crippen molar-refractivity contribution >= 4 is 17.4 Å². The van der Waals surface area contributed by atoms with Crippen LogP contribution in [-0.4, -0.2) is 36.9 Å². The SMILES string of the molecule is CC(=NNC(=O)c1nnn(-c2nonc2N)c1-c1ccccc1)c1ccc(F)cc1. The van der Waals surface area contributed by atoms with E-state index in [1.807, 2.05) is 6.07 Å². The van der Waals surface area contributed by atoms with Crippen molar-refractivity contribution in [2.75, 3.05) is 5.73 Å². The first-order chi connectivity index (χ1) is 14.5. The number of carbonyl (C=O) groups excluding carboxylic acids is 1. The van der Waals surface area contributed by atoms with E-state index in [0.29, 0.717) is 22.5 Å². The van der Waals surface area contributed by atoms with Crippen molar-refractivity contribution in [1.82, 2.24) is 30.7 Å². The topological polar surface area (TPSA) is 137 Å². The number of hydrogen-bond acceptors (Lipinski definition) is 8. The van der Waals surface area contributed by atoms with Gasteiger partial charge >= 0.3 is 0 Å². The first kappa shape index (κ1) is 18.9. The average molecular weight is 406 g/mol. The van der Waals surface area contributed by atoms with E-state index in [9.17, 15) is 9.18 Å². The molecule has 0 aliphatic heterocycles. The molecule has 150 valence electrons. The maximum absolute atomic E-state index is 13.1. The van der Waals surface area contributed by atoms with Gasteiger partial charge in [-0.25, -0.2) is 14.4 Å². The van der Waals surface area contributed by atoms with E-state index in [1.54, 1.807) is 43.3 Å². The quantitative estimate of drug-likeness (QED) is 0.383. The maximum atomic E-state index is 13.1. The summed E-state index contributed by atoms with van der Waals surface area (Å²) in [6.45, 7) is 1.68. The molecule has 4 rings (SSSR count). The van der Waals surface area contributed by atoms with Crippen LogP contribution in [0.4, 0.5) is 10.2 Å². The number of aromatic nitrogens is 5. The van der Waals surface area contributed by atoms with Crippen LogP contribution in [0.2, 0.25) is 0 Å². The second-order valence-electron chi connectivity index (χ2n) is 6.18. The first-order valence-corrected chi connectivity index (χ1v) is 8.74. The number of halogens is 1. The van der Waals surface area contributed by atoms with Crippen molar-refractivity contribution in [2.24, 2.45) is 5.10 Å². The van der Waals surface area contributed by atoms with Gasteiger partial charge in [-0.3, -0.25) is 4.79 Å². The second kappa shape index (κ2) is 7.91. The fourth-order valence-electron chi connectivity index (χ4n) is 2.72. The molecule has 0 radical (unpaired) electrons. The molecule has 2 aromatic heterocycles. The van der Waals surface area contributed by atoms with E-state index in [4.69, 9.17) is 5.73 Å². The van der Waals surface area contributed by atoms with Crippen LogP contribution in [0.25, 0.3) is 17.1 Å². The Morgan fingerprint density at radius 3 is 2.53 bits per heavy atom. The lowest BCUT2D eigenvalue weighted by atomic mass is 10.1. The van der Waals surface area contributed by atoms with Crippen molar-refractivity contribution < 1.29 is 13.8 Å². The van der Waals surface area contributed by atoms with Crippen LogP contribution in [0.3, 0.4) is 0 Å². The molecule has 10 nitrogen and oxygen atoms in total. The van der Waals surface area contributed by atoms with E-state index in [-0.39, 0.29) is 23.1 Å². The molecule has 0 saturated heterocycles. The number of nitrogens with zero attached hydrogens (tertiary/aromatic N) is 6. The van der Waals surface area contributed by atoms with Gasteiger partial charge in [-0.15, -0.1) is 5.10 Å². The van der Waals surface area contributed by atoms with Crippen LogP contribution in [0, 0.1) is 5.82 Å². The fourth-order valence-corrected chi connectivity index (χ4v) is 2.72. The van der Waals surface area contributed by atoms with Gasteiger partial charge in [-0.1, -0.05) is 47.7 Å². The molecule has 0 bridgehead atoms. The molecule has 3 N–H and O–H groups in total. The lowest BCUT2D eigenvalue weighted by Gasteiger charge is -2.06. The highest BCUT2D eigenvalue weighted by Crippen LogP contribution is 2.26. The van der Waals surface area contributed by atoms with Gasteiger partial charge in [0.25, 0.3) is 5.91 Å². The molecule has 1 amide bonds. The van der Waals surface area contributed by atoms with Gasteiger partial charge in [0.1, 0.15) is 11.5 Å². The van der Waals surface area contributed by atoms with Gasteiger partial charge in [0.05, 0.1) is 5.71 Å². The van der Waals surface area contributed by atoms with Crippen LogP contribution in [-0.2, 0) is 0 Å². The van der Waals surface area contributed by atoms with E-state index >= 15 is 0 Å². The summed E-state index contributed by atoms with van der Waals surface area (Å²) in [6.07, 6.45) is 0. The van der Waals surface area contributed by atoms with Crippen molar-refractivity contribution in [3.05, 3.63) is 71.7 Å². The molecule has 0 atom stereocenters. The lowest BCUT2D eigenvalue weighted by molar-refractivity contribution is 0.0950. The molecule has 0 aliphatic carbocycles. The molecule has 0 unspecified atom stereocenters. The number of nitrogens with one attached hydrogen (secondary N) is 1. The number of anilines is 1. The number of nitrogen functional groups attached to an aromatic ring is 1. The minimum atomic E-state index is -0.600. The van der Waals surface area contributed by atoms with Crippen LogP contribution in [0.5, 0.6) is 0 Å². The predicted molar refractivity (Wildman–Crippen MR) is 105 cm³/mol. The standard InChI is InChI=1S/C19H15FN8O2/c1-11(12-7-9-14(20)10-8-12)22-24-19(29)15-16(13-5-3-2-4-6-13)28(27-23-15)18-17(21)25-30-26-18/h2-10H,1H3,(H2,21,25)(H,24,29). The lowest BCUT2D eigenvalue weighted by Crippen LogP contribution is -2.21. The zero-order chi connectivity index (χ0) is 21.1. The largest absolute Gasteiger partial charge is 0.378 e. The molecule has 11 heteroatoms. The van der Waals surface area contributed by atoms with E-state index in [1.165, 1.54) is 16.8 Å². The Balaban J connectivity index is 1.69. The van der Waals surface area contributed by atoms with Crippen molar-refractivity contribution in [1.29, 1.82) is 0 Å². The van der Waals surface area contributed by atoms with Gasteiger partial charge in [0.15, 0.2) is 5.69 Å². The third-order valence-electron chi connectivity index (χ3n) is 4.22. The van der Waals surface area contributed by atoms with Gasteiger partial charge < -0.3 is 5.73 Å². The minimum absolute atomic E-state index is 0.000689. The Bertz CT molecular complexity index is 1220. The van der Waals surface area contributed by atoms with Crippen molar-refractivity contribution in [2.45, 2.75) is 6.92 Å². The van der Waals surface area contributed by atoms with Crippen LogP contribution in [0.1, 0.15) is 23.0 Å². The monoisotopic (exact) mass is 406 g/mol. The van der Waals surface area contributed by atoms with E-state index in [0.717, 1.165) is 0 Å². The summed E-state index contributed by atoms with van der Waals surface area (Å²) < 4.78 is 19.0. The van der Waals surface area contributed by atoms with Gasteiger partial charge in [0.2, 0.25) is 11.6 Å².